The molecule has 12 heteroatoms. The van der Waals surface area contributed by atoms with Gasteiger partial charge in [-0.1, -0.05) is 23.3 Å². The fourth-order valence-electron chi connectivity index (χ4n) is 2.94. The molecular weight excluding hydrogens is 450 g/mol. The van der Waals surface area contributed by atoms with Crippen LogP contribution in [0.4, 0.5) is 0 Å². The first-order valence-corrected chi connectivity index (χ1v) is 13.1. The molecule has 0 bridgehead atoms. The minimum absolute atomic E-state index is 0.0877. The molecule has 4 unspecified atom stereocenters. The van der Waals surface area contributed by atoms with Gasteiger partial charge in [0.15, 0.2) is 0 Å². The number of phosphoric acid groups is 2. The predicted molar refractivity (Wildman–Crippen MR) is 114 cm³/mol. The van der Waals surface area contributed by atoms with Gasteiger partial charge in [-0.15, -0.1) is 0 Å². The highest BCUT2D eigenvalue weighted by molar-refractivity contribution is 7.61. The van der Waals surface area contributed by atoms with Gasteiger partial charge in [0.25, 0.3) is 0 Å². The third kappa shape index (κ3) is 13.3. The molecule has 0 spiro atoms. The number of phosphoric ester groups is 2. The maximum absolute atomic E-state index is 11.9. The topological polar surface area (TPSA) is 149 Å². The van der Waals surface area contributed by atoms with Crippen molar-refractivity contribution in [1.29, 1.82) is 0 Å². The van der Waals surface area contributed by atoms with Gasteiger partial charge in [0.1, 0.15) is 6.10 Å². The molecule has 3 N–H and O–H groups in total. The van der Waals surface area contributed by atoms with Crippen LogP contribution in [0.25, 0.3) is 0 Å². The summed E-state index contributed by atoms with van der Waals surface area (Å²) >= 11 is 0. The molecule has 4 atom stereocenters. The fraction of sp³-hybridized carbons (Fsp3) is 0.737. The van der Waals surface area contributed by atoms with Crippen molar-refractivity contribution in [2.75, 3.05) is 13.2 Å². The Morgan fingerprint density at radius 2 is 1.84 bits per heavy atom. The van der Waals surface area contributed by atoms with Crippen LogP contribution in [-0.2, 0) is 32.0 Å². The van der Waals surface area contributed by atoms with E-state index in [-0.39, 0.29) is 38.9 Å². The van der Waals surface area contributed by atoms with Crippen LogP contribution in [0.2, 0.25) is 0 Å². The summed E-state index contributed by atoms with van der Waals surface area (Å²) < 4.78 is 42.5. The van der Waals surface area contributed by atoms with E-state index in [2.05, 4.69) is 14.9 Å². The molecule has 0 aromatic rings. The number of hydrogen-bond acceptors (Lipinski definition) is 8. The summed E-state index contributed by atoms with van der Waals surface area (Å²) in [5.74, 6) is -0.516. The van der Waals surface area contributed by atoms with Gasteiger partial charge in [0, 0.05) is 6.42 Å². The summed E-state index contributed by atoms with van der Waals surface area (Å²) in [5.41, 5.74) is 0.973. The largest absolute Gasteiger partial charge is 0.481 e. The third-order valence-electron chi connectivity index (χ3n) is 4.38. The van der Waals surface area contributed by atoms with Gasteiger partial charge in [0.05, 0.1) is 25.2 Å². The van der Waals surface area contributed by atoms with Crippen LogP contribution < -0.4 is 0 Å². The molecule has 1 heterocycles. The van der Waals surface area contributed by atoms with Gasteiger partial charge in [-0.3, -0.25) is 13.8 Å². The average Bonchev–Trinajstić information content (AvgIpc) is 2.55. The first kappa shape index (κ1) is 28.2. The highest BCUT2D eigenvalue weighted by Gasteiger charge is 2.37. The first-order valence-electron chi connectivity index (χ1n) is 10.1. The van der Waals surface area contributed by atoms with Crippen LogP contribution in [0.15, 0.2) is 23.3 Å². The lowest BCUT2D eigenvalue weighted by molar-refractivity contribution is -0.168. The standard InChI is InChI=1S/C19H34O10P2/c1-15(2)7-5-8-16(3)10-12-27-31(24,25)29-30(22,23)26-11-6-9-17-13-19(4,21)14-18(20)28-17/h7,10,17,21H,5-6,8-9,11-14H2,1-4H3,(H,22,23)(H,24,25)/b16-10+. The number of hydrogen-bond donors (Lipinski definition) is 3. The van der Waals surface area contributed by atoms with E-state index in [0.29, 0.717) is 0 Å². The second-order valence-electron chi connectivity index (χ2n) is 8.15. The fourth-order valence-corrected chi connectivity index (χ4v) is 4.98. The second-order valence-corrected chi connectivity index (χ2v) is 11.2. The molecule has 0 amide bonds. The van der Waals surface area contributed by atoms with Crippen molar-refractivity contribution in [3.63, 3.8) is 0 Å². The number of cyclic esters (lactones) is 1. The van der Waals surface area contributed by atoms with Crippen molar-refractivity contribution < 1.29 is 46.9 Å². The Balaban J connectivity index is 2.36. The lowest BCUT2D eigenvalue weighted by atomic mass is 9.90. The predicted octanol–water partition coefficient (Wildman–Crippen LogP) is 4.17. The highest BCUT2D eigenvalue weighted by atomic mass is 31.3. The molecule has 1 saturated heterocycles. The Hall–Kier alpha value is -0.830. The SMILES string of the molecule is CC(C)=CCC/C(C)=C/COP(=O)(O)OP(=O)(O)OCCCC1CC(C)(O)CC(=O)O1. The smallest absolute Gasteiger partial charge is 0.462 e. The molecule has 0 aromatic heterocycles. The van der Waals surface area contributed by atoms with Gasteiger partial charge >= 0.3 is 21.6 Å². The average molecular weight is 484 g/mol. The van der Waals surface area contributed by atoms with Crippen molar-refractivity contribution in [3.8, 4) is 0 Å². The van der Waals surface area contributed by atoms with Crippen molar-refractivity contribution in [2.24, 2.45) is 0 Å². The molecule has 0 aliphatic carbocycles. The van der Waals surface area contributed by atoms with E-state index in [1.165, 1.54) is 12.5 Å². The summed E-state index contributed by atoms with van der Waals surface area (Å²) in [5, 5.41) is 9.98. The van der Waals surface area contributed by atoms with Crippen molar-refractivity contribution in [3.05, 3.63) is 23.3 Å². The minimum atomic E-state index is -4.84. The number of ether oxygens (including phenoxy) is 1. The van der Waals surface area contributed by atoms with E-state index in [9.17, 15) is 28.8 Å². The Labute approximate surface area is 183 Å². The zero-order valence-corrected chi connectivity index (χ0v) is 20.3. The normalized spacial score (nSPS) is 26.0. The molecule has 1 rings (SSSR count). The lowest BCUT2D eigenvalue weighted by Crippen LogP contribution is -2.41. The van der Waals surface area contributed by atoms with Gasteiger partial charge in [-0.05, 0) is 53.4 Å². The molecular formula is C19H34O10P2. The molecule has 0 radical (unpaired) electrons. The van der Waals surface area contributed by atoms with Crippen molar-refractivity contribution in [2.45, 2.75) is 77.9 Å². The number of carbonyl (C=O) groups is 1. The number of rotatable bonds is 13. The summed E-state index contributed by atoms with van der Waals surface area (Å²) in [6.07, 6.45) is 5.33. The molecule has 0 saturated carbocycles. The van der Waals surface area contributed by atoms with Crippen LogP contribution in [0, 0.1) is 0 Å². The first-order chi connectivity index (χ1) is 14.2. The zero-order chi connectivity index (χ0) is 23.7. The van der Waals surface area contributed by atoms with Gasteiger partial charge < -0.3 is 19.6 Å². The summed E-state index contributed by atoms with van der Waals surface area (Å²) in [6, 6.07) is 0. The van der Waals surface area contributed by atoms with Crippen LogP contribution in [0.5, 0.6) is 0 Å². The van der Waals surface area contributed by atoms with Crippen molar-refractivity contribution in [1.82, 2.24) is 0 Å². The molecule has 0 aromatic carbocycles. The van der Waals surface area contributed by atoms with E-state index >= 15 is 0 Å². The van der Waals surface area contributed by atoms with E-state index in [1.807, 2.05) is 20.8 Å². The molecule has 1 fully saturated rings. The zero-order valence-electron chi connectivity index (χ0n) is 18.5. The molecule has 180 valence electrons. The molecule has 1 aliphatic heterocycles. The Morgan fingerprint density at radius 1 is 1.19 bits per heavy atom. The summed E-state index contributed by atoms with van der Waals surface area (Å²) in [4.78, 5) is 30.7. The second kappa shape index (κ2) is 12.4. The van der Waals surface area contributed by atoms with E-state index < -0.39 is 33.3 Å². The molecule has 1 aliphatic rings. The van der Waals surface area contributed by atoms with Crippen LogP contribution >= 0.6 is 15.6 Å². The number of aliphatic hydroxyl groups is 1. The van der Waals surface area contributed by atoms with Gasteiger partial charge in [-0.2, -0.15) is 4.31 Å². The Kier molecular flexibility index (Phi) is 11.3. The highest BCUT2D eigenvalue weighted by Crippen LogP contribution is 2.60. The Bertz CT molecular complexity index is 755. The minimum Gasteiger partial charge on any atom is -0.462 e. The quantitative estimate of drug-likeness (QED) is 0.150. The maximum Gasteiger partial charge on any atom is 0.481 e. The third-order valence-corrected chi connectivity index (χ3v) is 7.02. The number of esters is 1. The van der Waals surface area contributed by atoms with Crippen LogP contribution in [0.1, 0.15) is 66.2 Å². The van der Waals surface area contributed by atoms with Crippen LogP contribution in [-0.4, -0.2) is 45.8 Å². The monoisotopic (exact) mass is 484 g/mol. The summed E-state index contributed by atoms with van der Waals surface area (Å²) in [7, 11) is -9.65. The van der Waals surface area contributed by atoms with Gasteiger partial charge in [0.2, 0.25) is 0 Å². The van der Waals surface area contributed by atoms with E-state index in [1.54, 1.807) is 6.08 Å². The lowest BCUT2D eigenvalue weighted by Gasteiger charge is -2.33. The van der Waals surface area contributed by atoms with Crippen LogP contribution in [0.3, 0.4) is 0 Å². The molecule has 10 nitrogen and oxygen atoms in total. The number of allylic oxidation sites excluding steroid dienone is 3. The van der Waals surface area contributed by atoms with Crippen molar-refractivity contribution >= 4 is 21.6 Å². The van der Waals surface area contributed by atoms with E-state index in [4.69, 9.17) is 9.26 Å². The molecule has 31 heavy (non-hydrogen) atoms. The summed E-state index contributed by atoms with van der Waals surface area (Å²) in [6.45, 7) is 6.81. The Morgan fingerprint density at radius 3 is 2.45 bits per heavy atom. The maximum atomic E-state index is 11.9. The van der Waals surface area contributed by atoms with Gasteiger partial charge in [-0.25, -0.2) is 9.13 Å². The number of carbonyl (C=O) groups excluding carboxylic acids is 1. The van der Waals surface area contributed by atoms with E-state index in [0.717, 1.165) is 18.4 Å².